The molecule has 0 aromatic carbocycles. The van der Waals surface area contributed by atoms with Crippen molar-refractivity contribution >= 4 is 17.2 Å². The molecular weight excluding hydrogens is 346 g/mol. The zero-order valence-electron chi connectivity index (χ0n) is 16.5. The van der Waals surface area contributed by atoms with Crippen LogP contribution in [0.3, 0.4) is 0 Å². The van der Waals surface area contributed by atoms with Crippen LogP contribution in [0.25, 0.3) is 0 Å². The first kappa shape index (κ1) is 19.1. The molecule has 1 amide bonds. The molecule has 0 saturated carbocycles. The van der Waals surface area contributed by atoms with Crippen LogP contribution < -0.4 is 0 Å². The van der Waals surface area contributed by atoms with Gasteiger partial charge in [-0.3, -0.25) is 9.69 Å². The second-order valence-electron chi connectivity index (χ2n) is 8.14. The lowest BCUT2D eigenvalue weighted by molar-refractivity contribution is 0.0759. The Balaban J connectivity index is 1.60. The molecule has 3 heterocycles. The molecule has 1 aliphatic heterocycles. The van der Waals surface area contributed by atoms with Crippen LogP contribution in [0.1, 0.15) is 59.8 Å². The maximum absolute atomic E-state index is 12.8. The number of carbonyl (C=O) groups excluding carboxylic acids is 1. The molecule has 2 aromatic rings. The van der Waals surface area contributed by atoms with Gasteiger partial charge in [-0.2, -0.15) is 0 Å². The van der Waals surface area contributed by atoms with Crippen molar-refractivity contribution in [3.05, 3.63) is 39.2 Å². The summed E-state index contributed by atoms with van der Waals surface area (Å²) in [6.07, 6.45) is 0.984. The summed E-state index contributed by atoms with van der Waals surface area (Å²) in [5.74, 6) is 1.59. The van der Waals surface area contributed by atoms with Crippen LogP contribution in [0.4, 0.5) is 0 Å². The summed E-state index contributed by atoms with van der Waals surface area (Å²) >= 11 is 1.74. The topological polar surface area (TPSA) is 49.6 Å². The minimum atomic E-state index is 0.0878. The molecule has 0 atom stereocenters. The van der Waals surface area contributed by atoms with Crippen molar-refractivity contribution in [3.63, 3.8) is 0 Å². The number of amides is 1. The number of nitrogens with zero attached hydrogens (tertiary/aromatic N) is 3. The third-order valence-corrected chi connectivity index (χ3v) is 6.04. The molecule has 2 aromatic heterocycles. The molecule has 1 aliphatic rings. The minimum Gasteiger partial charge on any atom is -0.466 e. The number of hydrogen-bond acceptors (Lipinski definition) is 5. The molecule has 0 radical (unpaired) electrons. The minimum absolute atomic E-state index is 0.0878. The fourth-order valence-corrected chi connectivity index (χ4v) is 4.20. The maximum atomic E-state index is 12.8. The van der Waals surface area contributed by atoms with Crippen molar-refractivity contribution in [2.45, 2.75) is 53.0 Å². The molecule has 6 heteroatoms. The van der Waals surface area contributed by atoms with Crippen LogP contribution in [0, 0.1) is 13.8 Å². The van der Waals surface area contributed by atoms with Gasteiger partial charge in [0.05, 0.1) is 16.3 Å². The van der Waals surface area contributed by atoms with E-state index in [1.165, 1.54) is 5.01 Å². The highest BCUT2D eigenvalue weighted by atomic mass is 32.1. The lowest BCUT2D eigenvalue weighted by Gasteiger charge is -2.21. The Kier molecular flexibility index (Phi) is 5.53. The number of furan rings is 1. The Labute approximate surface area is 160 Å². The van der Waals surface area contributed by atoms with E-state index in [2.05, 4.69) is 31.1 Å². The van der Waals surface area contributed by atoms with Gasteiger partial charge in [0.25, 0.3) is 5.91 Å². The van der Waals surface area contributed by atoms with Gasteiger partial charge < -0.3 is 9.32 Å². The Morgan fingerprint density at radius 1 is 1.23 bits per heavy atom. The fraction of sp³-hybridized carbons (Fsp3) is 0.600. The van der Waals surface area contributed by atoms with Gasteiger partial charge in [-0.1, -0.05) is 20.8 Å². The zero-order chi connectivity index (χ0) is 18.9. The molecule has 0 N–H and O–H groups in total. The van der Waals surface area contributed by atoms with E-state index in [4.69, 9.17) is 9.40 Å². The Bertz CT molecular complexity index is 772. The van der Waals surface area contributed by atoms with E-state index in [9.17, 15) is 4.79 Å². The van der Waals surface area contributed by atoms with Crippen LogP contribution in [-0.2, 0) is 12.0 Å². The summed E-state index contributed by atoms with van der Waals surface area (Å²) in [6, 6.07) is 1.85. The van der Waals surface area contributed by atoms with Crippen molar-refractivity contribution in [2.75, 3.05) is 26.2 Å². The summed E-state index contributed by atoms with van der Waals surface area (Å²) in [5.41, 5.74) is 1.94. The fourth-order valence-electron chi connectivity index (χ4n) is 3.30. The number of thiazole rings is 1. The number of hydrogen-bond donors (Lipinski definition) is 0. The summed E-state index contributed by atoms with van der Waals surface area (Å²) in [4.78, 5) is 22.0. The summed E-state index contributed by atoms with van der Waals surface area (Å²) in [5, 5.41) is 3.36. The van der Waals surface area contributed by atoms with Gasteiger partial charge in [-0.05, 0) is 26.3 Å². The number of aromatic nitrogens is 1. The van der Waals surface area contributed by atoms with Crippen molar-refractivity contribution < 1.29 is 9.21 Å². The van der Waals surface area contributed by atoms with Gasteiger partial charge >= 0.3 is 0 Å². The first-order chi connectivity index (χ1) is 12.2. The average molecular weight is 376 g/mol. The molecule has 1 saturated heterocycles. The van der Waals surface area contributed by atoms with Gasteiger partial charge in [-0.25, -0.2) is 4.98 Å². The standard InChI is InChI=1S/C20H29N3O2S/c1-14-11-17(15(2)25-14)18(24)23-8-6-7-22(9-10-23)12-16-13-26-19(21-16)20(3,4)5/h11,13H,6-10,12H2,1-5H3. The van der Waals surface area contributed by atoms with Crippen molar-refractivity contribution in [1.29, 1.82) is 0 Å². The zero-order valence-corrected chi connectivity index (χ0v) is 17.3. The number of aryl methyl sites for hydroxylation is 2. The van der Waals surface area contributed by atoms with Gasteiger partial charge in [0, 0.05) is 43.5 Å². The molecule has 1 fully saturated rings. The second-order valence-corrected chi connectivity index (χ2v) is 9.00. The summed E-state index contributed by atoms with van der Waals surface area (Å²) in [7, 11) is 0. The Hall–Kier alpha value is -1.66. The highest BCUT2D eigenvalue weighted by Gasteiger charge is 2.24. The van der Waals surface area contributed by atoms with E-state index in [0.29, 0.717) is 11.3 Å². The lowest BCUT2D eigenvalue weighted by atomic mass is 9.98. The Morgan fingerprint density at radius 3 is 2.62 bits per heavy atom. The molecule has 0 aliphatic carbocycles. The van der Waals surface area contributed by atoms with Gasteiger partial charge in [0.15, 0.2) is 0 Å². The van der Waals surface area contributed by atoms with Crippen LogP contribution in [0.5, 0.6) is 0 Å². The molecule has 0 bridgehead atoms. The van der Waals surface area contributed by atoms with Crippen molar-refractivity contribution in [3.8, 4) is 0 Å². The Morgan fingerprint density at radius 2 is 2.00 bits per heavy atom. The first-order valence-corrected chi connectivity index (χ1v) is 10.2. The molecule has 3 rings (SSSR count). The van der Waals surface area contributed by atoms with E-state index < -0.39 is 0 Å². The summed E-state index contributed by atoms with van der Waals surface area (Å²) in [6.45, 7) is 14.6. The molecule has 5 nitrogen and oxygen atoms in total. The number of rotatable bonds is 3. The SMILES string of the molecule is Cc1cc(C(=O)N2CCCN(Cc3csc(C(C)(C)C)n3)CC2)c(C)o1. The van der Waals surface area contributed by atoms with Crippen LogP contribution in [-0.4, -0.2) is 46.9 Å². The van der Waals surface area contributed by atoms with Crippen LogP contribution in [0.2, 0.25) is 0 Å². The molecule has 26 heavy (non-hydrogen) atoms. The van der Waals surface area contributed by atoms with Crippen LogP contribution in [0.15, 0.2) is 15.9 Å². The van der Waals surface area contributed by atoms with Crippen molar-refractivity contribution in [1.82, 2.24) is 14.8 Å². The van der Waals surface area contributed by atoms with E-state index in [-0.39, 0.29) is 11.3 Å². The van der Waals surface area contributed by atoms with Gasteiger partial charge in [0.2, 0.25) is 0 Å². The third-order valence-electron chi connectivity index (χ3n) is 4.73. The average Bonchev–Trinajstić information content (AvgIpc) is 3.07. The highest BCUT2D eigenvalue weighted by Crippen LogP contribution is 2.26. The van der Waals surface area contributed by atoms with Crippen molar-refractivity contribution in [2.24, 2.45) is 0 Å². The third kappa shape index (κ3) is 4.35. The van der Waals surface area contributed by atoms with E-state index in [0.717, 1.165) is 50.6 Å². The first-order valence-electron chi connectivity index (χ1n) is 9.27. The molecule has 0 spiro atoms. The predicted octanol–water partition coefficient (Wildman–Crippen LogP) is 4.00. The van der Waals surface area contributed by atoms with Gasteiger partial charge in [0.1, 0.15) is 11.5 Å². The maximum Gasteiger partial charge on any atom is 0.257 e. The lowest BCUT2D eigenvalue weighted by Crippen LogP contribution is -2.35. The van der Waals surface area contributed by atoms with Gasteiger partial charge in [-0.15, -0.1) is 11.3 Å². The van der Waals surface area contributed by atoms with E-state index in [1.54, 1.807) is 11.3 Å². The van der Waals surface area contributed by atoms with E-state index >= 15 is 0 Å². The second kappa shape index (κ2) is 7.53. The quantitative estimate of drug-likeness (QED) is 0.814. The smallest absolute Gasteiger partial charge is 0.257 e. The monoisotopic (exact) mass is 375 g/mol. The summed E-state index contributed by atoms with van der Waals surface area (Å²) < 4.78 is 5.52. The molecule has 0 unspecified atom stereocenters. The predicted molar refractivity (Wildman–Crippen MR) is 105 cm³/mol. The molecular formula is C20H29N3O2S. The normalized spacial score (nSPS) is 16.7. The largest absolute Gasteiger partial charge is 0.466 e. The molecule has 142 valence electrons. The van der Waals surface area contributed by atoms with E-state index in [1.807, 2.05) is 24.8 Å². The number of carbonyl (C=O) groups is 1. The van der Waals surface area contributed by atoms with Crippen LogP contribution >= 0.6 is 11.3 Å². The highest BCUT2D eigenvalue weighted by molar-refractivity contribution is 7.09.